The van der Waals surface area contributed by atoms with E-state index in [0.717, 1.165) is 0 Å². The van der Waals surface area contributed by atoms with Gasteiger partial charge in [-0.3, -0.25) is 0 Å². The Morgan fingerprint density at radius 1 is 1.47 bits per heavy atom. The van der Waals surface area contributed by atoms with Gasteiger partial charge in [-0.2, -0.15) is 0 Å². The molecular weight excluding hydrogens is 232 g/mol. The SMILES string of the molecule is CC(Cl)c1nnnn1C(C)c1cccs1. The van der Waals surface area contributed by atoms with E-state index in [-0.39, 0.29) is 11.4 Å². The van der Waals surface area contributed by atoms with Gasteiger partial charge in [-0.25, -0.2) is 4.68 Å². The van der Waals surface area contributed by atoms with Crippen LogP contribution in [-0.2, 0) is 0 Å². The third kappa shape index (κ3) is 2.03. The van der Waals surface area contributed by atoms with Crippen LogP contribution in [0.25, 0.3) is 0 Å². The molecule has 15 heavy (non-hydrogen) atoms. The Morgan fingerprint density at radius 2 is 2.27 bits per heavy atom. The predicted octanol–water partition coefficient (Wildman–Crippen LogP) is 2.64. The van der Waals surface area contributed by atoms with Gasteiger partial charge in [0.25, 0.3) is 0 Å². The van der Waals surface area contributed by atoms with Crippen molar-refractivity contribution in [3.8, 4) is 0 Å². The zero-order valence-corrected chi connectivity index (χ0v) is 10.0. The van der Waals surface area contributed by atoms with Crippen molar-refractivity contribution in [1.82, 2.24) is 20.2 Å². The van der Waals surface area contributed by atoms with Gasteiger partial charge in [0.1, 0.15) is 0 Å². The van der Waals surface area contributed by atoms with Crippen molar-refractivity contribution in [2.45, 2.75) is 25.3 Å². The number of tetrazole rings is 1. The van der Waals surface area contributed by atoms with Gasteiger partial charge < -0.3 is 0 Å². The first-order chi connectivity index (χ1) is 7.20. The monoisotopic (exact) mass is 242 g/mol. The summed E-state index contributed by atoms with van der Waals surface area (Å²) in [7, 11) is 0. The maximum atomic E-state index is 6.00. The standard InChI is InChI=1S/C9H11ClN4S/c1-6(10)9-11-12-13-14(9)7(2)8-4-3-5-15-8/h3-7H,1-2H3. The molecule has 0 N–H and O–H groups in total. The molecule has 2 unspecified atom stereocenters. The maximum absolute atomic E-state index is 6.00. The molecule has 0 spiro atoms. The fourth-order valence-electron chi connectivity index (χ4n) is 1.39. The van der Waals surface area contributed by atoms with Crippen LogP contribution in [0.15, 0.2) is 17.5 Å². The molecule has 2 atom stereocenters. The Morgan fingerprint density at radius 3 is 2.87 bits per heavy atom. The van der Waals surface area contributed by atoms with E-state index in [2.05, 4.69) is 28.5 Å². The van der Waals surface area contributed by atoms with E-state index in [1.807, 2.05) is 18.4 Å². The number of aromatic nitrogens is 4. The summed E-state index contributed by atoms with van der Waals surface area (Å²) in [5.41, 5.74) is 0. The molecule has 0 amide bonds. The predicted molar refractivity (Wildman–Crippen MR) is 60.2 cm³/mol. The minimum atomic E-state index is -0.178. The van der Waals surface area contributed by atoms with Gasteiger partial charge >= 0.3 is 0 Å². The molecule has 4 nitrogen and oxygen atoms in total. The summed E-state index contributed by atoms with van der Waals surface area (Å²) in [6, 6.07) is 4.22. The highest BCUT2D eigenvalue weighted by atomic mass is 35.5. The first-order valence-electron chi connectivity index (χ1n) is 4.65. The van der Waals surface area contributed by atoms with Crippen molar-refractivity contribution >= 4 is 22.9 Å². The van der Waals surface area contributed by atoms with E-state index in [0.29, 0.717) is 5.82 Å². The molecule has 2 rings (SSSR count). The molecule has 0 aliphatic rings. The fourth-order valence-corrected chi connectivity index (χ4v) is 2.30. The zero-order valence-electron chi connectivity index (χ0n) is 8.46. The maximum Gasteiger partial charge on any atom is 0.169 e. The molecule has 0 saturated heterocycles. The lowest BCUT2D eigenvalue weighted by Gasteiger charge is -2.12. The highest BCUT2D eigenvalue weighted by Crippen LogP contribution is 2.25. The lowest BCUT2D eigenvalue weighted by molar-refractivity contribution is 0.527. The van der Waals surface area contributed by atoms with E-state index in [9.17, 15) is 0 Å². The van der Waals surface area contributed by atoms with Crippen molar-refractivity contribution in [2.75, 3.05) is 0 Å². The van der Waals surface area contributed by atoms with Gasteiger partial charge in [0, 0.05) is 4.88 Å². The lowest BCUT2D eigenvalue weighted by atomic mass is 10.2. The summed E-state index contributed by atoms with van der Waals surface area (Å²) < 4.78 is 1.77. The topological polar surface area (TPSA) is 43.6 Å². The number of hydrogen-bond acceptors (Lipinski definition) is 4. The second kappa shape index (κ2) is 4.28. The number of nitrogens with zero attached hydrogens (tertiary/aromatic N) is 4. The molecule has 0 aromatic carbocycles. The minimum Gasteiger partial charge on any atom is -0.220 e. The average Bonchev–Trinajstić information content (AvgIpc) is 2.88. The molecule has 2 heterocycles. The number of hydrogen-bond donors (Lipinski definition) is 0. The van der Waals surface area contributed by atoms with Crippen LogP contribution in [0.1, 0.15) is 36.0 Å². The van der Waals surface area contributed by atoms with Crippen molar-refractivity contribution in [2.24, 2.45) is 0 Å². The van der Waals surface area contributed by atoms with Gasteiger partial charge in [-0.05, 0) is 35.7 Å². The van der Waals surface area contributed by atoms with Gasteiger partial charge in [0.15, 0.2) is 5.82 Å². The van der Waals surface area contributed by atoms with Crippen molar-refractivity contribution in [1.29, 1.82) is 0 Å². The molecular formula is C9H11ClN4S. The zero-order chi connectivity index (χ0) is 10.8. The first kappa shape index (κ1) is 10.6. The van der Waals surface area contributed by atoms with Crippen molar-refractivity contribution < 1.29 is 0 Å². The smallest absolute Gasteiger partial charge is 0.169 e. The Kier molecular flexibility index (Phi) is 3.02. The number of thiophene rings is 1. The number of halogens is 1. The molecule has 0 aliphatic carbocycles. The van der Waals surface area contributed by atoms with Gasteiger partial charge in [0.2, 0.25) is 0 Å². The summed E-state index contributed by atoms with van der Waals surface area (Å²) in [4.78, 5) is 1.22. The summed E-state index contributed by atoms with van der Waals surface area (Å²) in [5, 5.41) is 13.4. The second-order valence-electron chi connectivity index (χ2n) is 3.29. The molecule has 0 aliphatic heterocycles. The summed E-state index contributed by atoms with van der Waals surface area (Å²) in [5.74, 6) is 0.706. The van der Waals surface area contributed by atoms with Crippen molar-refractivity contribution in [3.63, 3.8) is 0 Å². The van der Waals surface area contributed by atoms with Crippen LogP contribution in [0.5, 0.6) is 0 Å². The van der Waals surface area contributed by atoms with Crippen LogP contribution in [-0.4, -0.2) is 20.2 Å². The molecule has 2 aromatic heterocycles. The quantitative estimate of drug-likeness (QED) is 0.778. The Labute approximate surface area is 96.9 Å². The number of rotatable bonds is 3. The van der Waals surface area contributed by atoms with Gasteiger partial charge in [-0.1, -0.05) is 6.07 Å². The van der Waals surface area contributed by atoms with E-state index in [1.54, 1.807) is 16.0 Å². The molecule has 0 fully saturated rings. The minimum absolute atomic E-state index is 0.135. The Balaban J connectivity index is 2.33. The third-order valence-corrected chi connectivity index (χ3v) is 3.43. The highest BCUT2D eigenvalue weighted by Gasteiger charge is 2.18. The van der Waals surface area contributed by atoms with Crippen LogP contribution < -0.4 is 0 Å². The van der Waals surface area contributed by atoms with Crippen molar-refractivity contribution in [3.05, 3.63) is 28.2 Å². The molecule has 2 aromatic rings. The Hall–Kier alpha value is -0.940. The lowest BCUT2D eigenvalue weighted by Crippen LogP contribution is -2.11. The first-order valence-corrected chi connectivity index (χ1v) is 5.97. The Bertz CT molecular complexity index is 423. The molecule has 6 heteroatoms. The van der Waals surface area contributed by atoms with E-state index >= 15 is 0 Å². The summed E-state index contributed by atoms with van der Waals surface area (Å²) >= 11 is 7.69. The summed E-state index contributed by atoms with van der Waals surface area (Å²) in [6.07, 6.45) is 0. The number of alkyl halides is 1. The van der Waals surface area contributed by atoms with Crippen LogP contribution >= 0.6 is 22.9 Å². The van der Waals surface area contributed by atoms with Crippen LogP contribution in [0.2, 0.25) is 0 Å². The largest absolute Gasteiger partial charge is 0.220 e. The molecule has 0 radical (unpaired) electrons. The molecule has 0 saturated carbocycles. The van der Waals surface area contributed by atoms with Crippen LogP contribution in [0.3, 0.4) is 0 Å². The van der Waals surface area contributed by atoms with E-state index in [4.69, 9.17) is 11.6 Å². The van der Waals surface area contributed by atoms with E-state index < -0.39 is 0 Å². The highest BCUT2D eigenvalue weighted by molar-refractivity contribution is 7.10. The normalized spacial score (nSPS) is 15.1. The van der Waals surface area contributed by atoms with Gasteiger partial charge in [-0.15, -0.1) is 28.0 Å². The average molecular weight is 243 g/mol. The molecule has 0 bridgehead atoms. The van der Waals surface area contributed by atoms with Gasteiger partial charge in [0.05, 0.1) is 11.4 Å². The fraction of sp³-hybridized carbons (Fsp3) is 0.444. The second-order valence-corrected chi connectivity index (χ2v) is 4.92. The molecule has 80 valence electrons. The summed E-state index contributed by atoms with van der Waals surface area (Å²) in [6.45, 7) is 3.93. The van der Waals surface area contributed by atoms with E-state index in [1.165, 1.54) is 4.88 Å². The van der Waals surface area contributed by atoms with Crippen LogP contribution in [0, 0.1) is 0 Å². The van der Waals surface area contributed by atoms with Crippen LogP contribution in [0.4, 0.5) is 0 Å². The third-order valence-electron chi connectivity index (χ3n) is 2.20.